The van der Waals surface area contributed by atoms with Gasteiger partial charge in [-0.1, -0.05) is 0 Å². The number of hydrogen-bond donors (Lipinski definition) is 1. The van der Waals surface area contributed by atoms with Gasteiger partial charge in [0.25, 0.3) is 0 Å². The van der Waals surface area contributed by atoms with Gasteiger partial charge in [-0.3, -0.25) is 0 Å². The maximum atomic E-state index is 11.9. The smallest absolute Gasteiger partial charge is 0.355 e. The lowest BCUT2D eigenvalue weighted by atomic mass is 10.1. The van der Waals surface area contributed by atoms with Crippen molar-refractivity contribution >= 4 is 11.9 Å². The van der Waals surface area contributed by atoms with Crippen molar-refractivity contribution < 1.29 is 19.1 Å². The Kier molecular flexibility index (Phi) is 4.70. The van der Waals surface area contributed by atoms with Crippen molar-refractivity contribution in [3.8, 4) is 6.07 Å². The van der Waals surface area contributed by atoms with Crippen LogP contribution in [0.25, 0.3) is 0 Å². The summed E-state index contributed by atoms with van der Waals surface area (Å²) in [5.41, 5.74) is 1.47. The van der Waals surface area contributed by atoms with Crippen LogP contribution in [0.15, 0.2) is 0 Å². The highest BCUT2D eigenvalue weighted by molar-refractivity contribution is 5.98. The predicted octanol–water partition coefficient (Wildman–Crippen LogP) is 1.88. The molecule has 0 saturated carbocycles. The normalized spacial score (nSPS) is 11.5. The van der Waals surface area contributed by atoms with Gasteiger partial charge in [0.05, 0.1) is 12.2 Å². The molecule has 0 spiro atoms. The van der Waals surface area contributed by atoms with Crippen molar-refractivity contribution in [1.82, 2.24) is 4.98 Å². The molecule has 1 heterocycles. The van der Waals surface area contributed by atoms with Crippen LogP contribution >= 0.6 is 0 Å². The molecule has 0 fully saturated rings. The Hall–Kier alpha value is -2.29. The SMILES string of the molecule is CCOC(=O)c1[nH]c(C)c(C(=O)O[C@@H](C)C#N)c1C. The van der Waals surface area contributed by atoms with Gasteiger partial charge in [0.2, 0.25) is 0 Å². The summed E-state index contributed by atoms with van der Waals surface area (Å²) in [7, 11) is 0. The Morgan fingerprint density at radius 3 is 2.53 bits per heavy atom. The summed E-state index contributed by atoms with van der Waals surface area (Å²) in [5.74, 6) is -1.15. The van der Waals surface area contributed by atoms with Gasteiger partial charge in [0.1, 0.15) is 11.8 Å². The molecule has 1 aromatic heterocycles. The van der Waals surface area contributed by atoms with Crippen molar-refractivity contribution in [3.05, 3.63) is 22.5 Å². The molecule has 0 aromatic carbocycles. The highest BCUT2D eigenvalue weighted by Gasteiger charge is 2.24. The number of ether oxygens (including phenoxy) is 2. The van der Waals surface area contributed by atoms with Crippen LogP contribution < -0.4 is 0 Å². The lowest BCUT2D eigenvalue weighted by Crippen LogP contribution is -2.14. The fourth-order valence-corrected chi connectivity index (χ4v) is 1.71. The van der Waals surface area contributed by atoms with Crippen molar-refractivity contribution in [2.45, 2.75) is 33.8 Å². The van der Waals surface area contributed by atoms with Gasteiger partial charge in [-0.25, -0.2) is 9.59 Å². The fourth-order valence-electron chi connectivity index (χ4n) is 1.71. The molecular formula is C13H16N2O4. The second-order valence-electron chi connectivity index (χ2n) is 4.02. The molecule has 0 saturated heterocycles. The molecule has 1 N–H and O–H groups in total. The number of carbonyl (C=O) groups excluding carboxylic acids is 2. The summed E-state index contributed by atoms with van der Waals surface area (Å²) in [4.78, 5) is 26.4. The van der Waals surface area contributed by atoms with E-state index < -0.39 is 18.0 Å². The zero-order valence-electron chi connectivity index (χ0n) is 11.4. The third-order valence-corrected chi connectivity index (χ3v) is 2.59. The van der Waals surface area contributed by atoms with Crippen molar-refractivity contribution in [2.24, 2.45) is 0 Å². The van der Waals surface area contributed by atoms with E-state index in [1.165, 1.54) is 6.92 Å². The number of nitrogens with one attached hydrogen (secondary N) is 1. The summed E-state index contributed by atoms with van der Waals surface area (Å²) >= 11 is 0. The molecular weight excluding hydrogens is 248 g/mol. The number of aromatic amines is 1. The van der Waals surface area contributed by atoms with Crippen LogP contribution in [0.3, 0.4) is 0 Å². The number of hydrogen-bond acceptors (Lipinski definition) is 5. The van der Waals surface area contributed by atoms with Crippen LogP contribution in [-0.4, -0.2) is 29.6 Å². The van der Waals surface area contributed by atoms with Gasteiger partial charge in [0.15, 0.2) is 6.10 Å². The second kappa shape index (κ2) is 6.05. The van der Waals surface area contributed by atoms with E-state index in [-0.39, 0.29) is 17.9 Å². The summed E-state index contributed by atoms with van der Waals surface area (Å²) in [6, 6.07) is 1.81. The van der Waals surface area contributed by atoms with E-state index in [1.807, 2.05) is 6.07 Å². The molecule has 0 bridgehead atoms. The molecule has 0 aliphatic rings. The van der Waals surface area contributed by atoms with Crippen molar-refractivity contribution in [2.75, 3.05) is 6.61 Å². The van der Waals surface area contributed by atoms with Gasteiger partial charge in [-0.2, -0.15) is 5.26 Å². The number of nitriles is 1. The van der Waals surface area contributed by atoms with Gasteiger partial charge in [-0.05, 0) is 33.3 Å². The number of rotatable bonds is 4. The summed E-state index contributed by atoms with van der Waals surface area (Å²) in [6.45, 7) is 6.71. The Bertz CT molecular complexity index is 540. The monoisotopic (exact) mass is 264 g/mol. The highest BCUT2D eigenvalue weighted by atomic mass is 16.5. The Morgan fingerprint density at radius 2 is 2.00 bits per heavy atom. The van der Waals surface area contributed by atoms with Crippen LogP contribution in [0, 0.1) is 25.2 Å². The van der Waals surface area contributed by atoms with Gasteiger partial charge in [-0.15, -0.1) is 0 Å². The molecule has 6 nitrogen and oxygen atoms in total. The van der Waals surface area contributed by atoms with Crippen molar-refractivity contribution in [1.29, 1.82) is 5.26 Å². The van der Waals surface area contributed by atoms with E-state index in [9.17, 15) is 9.59 Å². The first-order valence-corrected chi connectivity index (χ1v) is 5.89. The number of esters is 2. The van der Waals surface area contributed by atoms with Crippen molar-refractivity contribution in [3.63, 3.8) is 0 Å². The first-order valence-electron chi connectivity index (χ1n) is 5.89. The average Bonchev–Trinajstić information content (AvgIpc) is 2.65. The Balaban J connectivity index is 3.07. The molecule has 0 unspecified atom stereocenters. The quantitative estimate of drug-likeness (QED) is 0.838. The van der Waals surface area contributed by atoms with E-state index in [1.54, 1.807) is 20.8 Å². The van der Waals surface area contributed by atoms with Gasteiger partial charge < -0.3 is 14.5 Å². The first kappa shape index (κ1) is 14.8. The number of carbonyl (C=O) groups is 2. The minimum Gasteiger partial charge on any atom is -0.461 e. The summed E-state index contributed by atoms with van der Waals surface area (Å²) < 4.78 is 9.81. The van der Waals surface area contributed by atoms with Gasteiger partial charge >= 0.3 is 11.9 Å². The molecule has 0 amide bonds. The number of aryl methyl sites for hydroxylation is 1. The standard InChI is InChI=1S/C13H16N2O4/c1-5-18-13(17)11-8(3)10(9(4)15-11)12(16)19-7(2)6-14/h7,15H,5H2,1-4H3/t7-/m0/s1. The topological polar surface area (TPSA) is 92.2 Å². The number of aromatic nitrogens is 1. The summed E-state index contributed by atoms with van der Waals surface area (Å²) in [6.07, 6.45) is -0.841. The maximum absolute atomic E-state index is 11.9. The maximum Gasteiger partial charge on any atom is 0.355 e. The molecule has 6 heteroatoms. The molecule has 0 aliphatic heterocycles. The molecule has 102 valence electrons. The van der Waals surface area contributed by atoms with E-state index in [4.69, 9.17) is 14.7 Å². The van der Waals surface area contributed by atoms with Crippen LogP contribution in [0.4, 0.5) is 0 Å². The minimum absolute atomic E-state index is 0.232. The fraction of sp³-hybridized carbons (Fsp3) is 0.462. The minimum atomic E-state index is -0.841. The van der Waals surface area contributed by atoms with E-state index in [2.05, 4.69) is 4.98 Å². The molecule has 1 atom stereocenters. The third kappa shape index (κ3) is 3.13. The van der Waals surface area contributed by atoms with E-state index in [0.29, 0.717) is 11.3 Å². The Morgan fingerprint density at radius 1 is 1.37 bits per heavy atom. The number of H-pyrrole nitrogens is 1. The predicted molar refractivity (Wildman–Crippen MR) is 66.7 cm³/mol. The molecule has 0 aliphatic carbocycles. The van der Waals surface area contributed by atoms with E-state index in [0.717, 1.165) is 0 Å². The van der Waals surface area contributed by atoms with Crippen LogP contribution in [0.2, 0.25) is 0 Å². The zero-order chi connectivity index (χ0) is 14.6. The van der Waals surface area contributed by atoms with Gasteiger partial charge in [0, 0.05) is 5.69 Å². The number of nitrogens with zero attached hydrogens (tertiary/aromatic N) is 1. The molecule has 1 aromatic rings. The molecule has 1 rings (SSSR count). The van der Waals surface area contributed by atoms with E-state index >= 15 is 0 Å². The van der Waals surface area contributed by atoms with Crippen LogP contribution in [0.5, 0.6) is 0 Å². The summed E-state index contributed by atoms with van der Waals surface area (Å²) in [5, 5.41) is 8.62. The van der Waals surface area contributed by atoms with Crippen LogP contribution in [-0.2, 0) is 9.47 Å². The molecule has 0 radical (unpaired) electrons. The lowest BCUT2D eigenvalue weighted by molar-refractivity contribution is 0.0434. The average molecular weight is 264 g/mol. The van der Waals surface area contributed by atoms with Crippen LogP contribution in [0.1, 0.15) is 46.0 Å². The first-order chi connectivity index (χ1) is 8.92. The zero-order valence-corrected chi connectivity index (χ0v) is 11.4. The second-order valence-corrected chi connectivity index (χ2v) is 4.02. The highest BCUT2D eigenvalue weighted by Crippen LogP contribution is 2.20. The lowest BCUT2D eigenvalue weighted by Gasteiger charge is -2.06. The largest absolute Gasteiger partial charge is 0.461 e. The molecule has 19 heavy (non-hydrogen) atoms. The Labute approximate surface area is 111 Å². The third-order valence-electron chi connectivity index (χ3n) is 2.59.